The summed E-state index contributed by atoms with van der Waals surface area (Å²) in [5.41, 5.74) is 4.13. The van der Waals surface area contributed by atoms with Crippen LogP contribution in [0.3, 0.4) is 0 Å². The minimum atomic E-state index is -1.02. The lowest BCUT2D eigenvalue weighted by molar-refractivity contribution is -0.384. The van der Waals surface area contributed by atoms with Gasteiger partial charge in [0.15, 0.2) is 0 Å². The van der Waals surface area contributed by atoms with Crippen molar-refractivity contribution in [2.24, 2.45) is 5.10 Å². The molecule has 1 aromatic heterocycles. The van der Waals surface area contributed by atoms with E-state index < -0.39 is 10.9 Å². The van der Waals surface area contributed by atoms with Crippen LogP contribution in [0.4, 0.5) is 11.4 Å². The van der Waals surface area contributed by atoms with Crippen LogP contribution < -0.4 is 5.43 Å². The Morgan fingerprint density at radius 1 is 1.15 bits per heavy atom. The molecule has 3 rings (SSSR count). The van der Waals surface area contributed by atoms with Crippen molar-refractivity contribution >= 4 is 23.6 Å². The van der Waals surface area contributed by atoms with Crippen molar-refractivity contribution in [3.05, 3.63) is 82.1 Å². The third-order valence-corrected chi connectivity index (χ3v) is 3.48. The Morgan fingerprint density at radius 2 is 1.92 bits per heavy atom. The van der Waals surface area contributed by atoms with Crippen LogP contribution in [0.2, 0.25) is 0 Å². The van der Waals surface area contributed by atoms with E-state index in [-0.39, 0.29) is 11.3 Å². The van der Waals surface area contributed by atoms with Crippen molar-refractivity contribution in [1.82, 2.24) is 0 Å². The summed E-state index contributed by atoms with van der Waals surface area (Å²) in [7, 11) is 0. The van der Waals surface area contributed by atoms with Gasteiger partial charge in [-0.2, -0.15) is 5.10 Å². The van der Waals surface area contributed by atoms with E-state index in [0.29, 0.717) is 22.8 Å². The highest BCUT2D eigenvalue weighted by Crippen LogP contribution is 2.24. The van der Waals surface area contributed by atoms with Crippen molar-refractivity contribution < 1.29 is 19.2 Å². The fraction of sp³-hybridized carbons (Fsp3) is 0. The Kier molecular flexibility index (Phi) is 4.75. The summed E-state index contributed by atoms with van der Waals surface area (Å²) in [4.78, 5) is 21.1. The number of hydrazone groups is 1. The van der Waals surface area contributed by atoms with Gasteiger partial charge in [-0.15, -0.1) is 0 Å². The van der Waals surface area contributed by atoms with Crippen molar-refractivity contribution in [3.63, 3.8) is 0 Å². The van der Waals surface area contributed by atoms with Gasteiger partial charge in [0.1, 0.15) is 11.5 Å². The summed E-state index contributed by atoms with van der Waals surface area (Å²) >= 11 is 0. The van der Waals surface area contributed by atoms with Crippen LogP contribution in [0.25, 0.3) is 11.3 Å². The number of carboxylic acids is 1. The maximum Gasteiger partial charge on any atom is 0.335 e. The molecule has 2 N–H and O–H groups in total. The van der Waals surface area contributed by atoms with E-state index in [1.807, 2.05) is 0 Å². The number of nitro groups is 1. The second-order valence-electron chi connectivity index (χ2n) is 5.26. The van der Waals surface area contributed by atoms with Crippen LogP contribution in [-0.2, 0) is 0 Å². The average molecular weight is 351 g/mol. The van der Waals surface area contributed by atoms with Crippen LogP contribution in [0.15, 0.2) is 70.2 Å². The van der Waals surface area contributed by atoms with Gasteiger partial charge in [0.25, 0.3) is 5.69 Å². The van der Waals surface area contributed by atoms with Gasteiger partial charge >= 0.3 is 5.97 Å². The molecule has 2 aromatic carbocycles. The molecule has 8 nitrogen and oxygen atoms in total. The summed E-state index contributed by atoms with van der Waals surface area (Å²) in [5.74, 6) is 0.00543. The van der Waals surface area contributed by atoms with Crippen LogP contribution in [-0.4, -0.2) is 22.2 Å². The molecule has 130 valence electrons. The first-order chi connectivity index (χ1) is 12.5. The van der Waals surface area contributed by atoms with E-state index in [1.54, 1.807) is 36.4 Å². The van der Waals surface area contributed by atoms with Crippen LogP contribution >= 0.6 is 0 Å². The molecule has 0 unspecified atom stereocenters. The standard InChI is InChI=1S/C18H13N3O5/c22-18(23)13-2-1-3-14(10-13)20-19-11-16-8-9-17(26-16)12-4-6-15(7-5-12)21(24)25/h1-11,20H,(H,22,23)/b19-11+. The molecule has 0 bridgehead atoms. The van der Waals surface area contributed by atoms with Gasteiger partial charge in [0.05, 0.1) is 22.4 Å². The van der Waals surface area contributed by atoms with E-state index in [1.165, 1.54) is 30.5 Å². The number of carboxylic acid groups (broad SMARTS) is 1. The molecule has 26 heavy (non-hydrogen) atoms. The smallest absolute Gasteiger partial charge is 0.335 e. The minimum absolute atomic E-state index is 0.00915. The number of nitrogens with zero attached hydrogens (tertiary/aromatic N) is 2. The van der Waals surface area contributed by atoms with Gasteiger partial charge in [0, 0.05) is 17.7 Å². The lowest BCUT2D eigenvalue weighted by Crippen LogP contribution is -1.97. The fourth-order valence-corrected chi connectivity index (χ4v) is 2.22. The number of hydrogen-bond donors (Lipinski definition) is 2. The van der Waals surface area contributed by atoms with E-state index in [0.717, 1.165) is 0 Å². The Morgan fingerprint density at radius 3 is 2.62 bits per heavy atom. The molecule has 0 aliphatic rings. The average Bonchev–Trinajstić information content (AvgIpc) is 3.11. The number of nitrogens with one attached hydrogen (secondary N) is 1. The maximum absolute atomic E-state index is 10.9. The zero-order valence-electron chi connectivity index (χ0n) is 13.3. The molecule has 0 atom stereocenters. The first-order valence-corrected chi connectivity index (χ1v) is 7.50. The number of benzene rings is 2. The number of anilines is 1. The number of furan rings is 1. The first kappa shape index (κ1) is 16.9. The van der Waals surface area contributed by atoms with Gasteiger partial charge in [-0.3, -0.25) is 15.5 Å². The van der Waals surface area contributed by atoms with Crippen molar-refractivity contribution in [3.8, 4) is 11.3 Å². The van der Waals surface area contributed by atoms with Gasteiger partial charge in [-0.1, -0.05) is 6.07 Å². The maximum atomic E-state index is 10.9. The van der Waals surface area contributed by atoms with Crippen molar-refractivity contribution in [1.29, 1.82) is 0 Å². The second kappa shape index (κ2) is 7.31. The highest BCUT2D eigenvalue weighted by atomic mass is 16.6. The number of non-ortho nitro benzene ring substituents is 1. The monoisotopic (exact) mass is 351 g/mol. The van der Waals surface area contributed by atoms with Gasteiger partial charge in [0.2, 0.25) is 0 Å². The molecule has 3 aromatic rings. The molecular formula is C18H13N3O5. The Hall–Kier alpha value is -3.94. The Bertz CT molecular complexity index is 977. The highest BCUT2D eigenvalue weighted by Gasteiger charge is 2.08. The van der Waals surface area contributed by atoms with E-state index >= 15 is 0 Å². The number of carbonyl (C=O) groups is 1. The summed E-state index contributed by atoms with van der Waals surface area (Å²) in [6.45, 7) is 0. The minimum Gasteiger partial charge on any atom is -0.478 e. The zero-order valence-corrected chi connectivity index (χ0v) is 13.3. The predicted octanol–water partition coefficient (Wildman–Crippen LogP) is 4.00. The van der Waals surface area contributed by atoms with Crippen LogP contribution in [0, 0.1) is 10.1 Å². The van der Waals surface area contributed by atoms with Gasteiger partial charge in [-0.05, 0) is 42.5 Å². The molecule has 0 spiro atoms. The van der Waals surface area contributed by atoms with Gasteiger partial charge in [-0.25, -0.2) is 4.79 Å². The Labute approximate surface area is 147 Å². The molecule has 0 amide bonds. The Balaban J connectivity index is 1.68. The SMILES string of the molecule is O=C(O)c1cccc(N/N=C/c2ccc(-c3ccc([N+](=O)[O-])cc3)o2)c1. The quantitative estimate of drug-likeness (QED) is 0.394. The molecule has 0 radical (unpaired) electrons. The summed E-state index contributed by atoms with van der Waals surface area (Å²) < 4.78 is 5.62. The molecule has 1 heterocycles. The van der Waals surface area contributed by atoms with E-state index in [2.05, 4.69) is 10.5 Å². The van der Waals surface area contributed by atoms with Crippen LogP contribution in [0.5, 0.6) is 0 Å². The summed E-state index contributed by atoms with van der Waals surface area (Å²) in [5, 5.41) is 23.6. The molecule has 8 heteroatoms. The highest BCUT2D eigenvalue weighted by molar-refractivity contribution is 5.88. The lowest BCUT2D eigenvalue weighted by Gasteiger charge is -2.00. The predicted molar refractivity (Wildman–Crippen MR) is 95.4 cm³/mol. The molecule has 0 saturated heterocycles. The third kappa shape index (κ3) is 3.93. The molecule has 0 saturated carbocycles. The topological polar surface area (TPSA) is 118 Å². The molecule has 0 fully saturated rings. The summed E-state index contributed by atoms with van der Waals surface area (Å²) in [6.07, 6.45) is 1.45. The normalized spacial score (nSPS) is 10.8. The van der Waals surface area contributed by atoms with E-state index in [4.69, 9.17) is 9.52 Å². The summed E-state index contributed by atoms with van der Waals surface area (Å²) in [6, 6.07) is 15.7. The second-order valence-corrected chi connectivity index (χ2v) is 5.26. The zero-order chi connectivity index (χ0) is 18.5. The van der Waals surface area contributed by atoms with Gasteiger partial charge < -0.3 is 9.52 Å². The number of rotatable bonds is 6. The van der Waals surface area contributed by atoms with Crippen molar-refractivity contribution in [2.45, 2.75) is 0 Å². The fourth-order valence-electron chi connectivity index (χ4n) is 2.22. The number of nitro benzene ring substituents is 1. The number of hydrogen-bond acceptors (Lipinski definition) is 6. The lowest BCUT2D eigenvalue weighted by atomic mass is 10.1. The third-order valence-electron chi connectivity index (χ3n) is 3.48. The van der Waals surface area contributed by atoms with Crippen molar-refractivity contribution in [2.75, 3.05) is 5.43 Å². The largest absolute Gasteiger partial charge is 0.478 e. The molecule has 0 aliphatic heterocycles. The van der Waals surface area contributed by atoms with E-state index in [9.17, 15) is 14.9 Å². The first-order valence-electron chi connectivity index (χ1n) is 7.50. The van der Waals surface area contributed by atoms with Crippen LogP contribution in [0.1, 0.15) is 16.1 Å². The number of aromatic carboxylic acids is 1. The molecule has 0 aliphatic carbocycles. The molecular weight excluding hydrogens is 338 g/mol.